The van der Waals surface area contributed by atoms with Crippen LogP contribution in [0, 0.1) is 5.92 Å². The quantitative estimate of drug-likeness (QED) is 0.923. The van der Waals surface area contributed by atoms with Crippen LogP contribution >= 0.6 is 0 Å². The van der Waals surface area contributed by atoms with Gasteiger partial charge >= 0.3 is 0 Å². The maximum absolute atomic E-state index is 12.0. The Hall–Kier alpha value is -2.23. The molecular weight excluding hydrogens is 290 g/mol. The molecule has 0 spiro atoms. The summed E-state index contributed by atoms with van der Waals surface area (Å²) in [5, 5.41) is 2.86. The zero-order chi connectivity index (χ0) is 16.4. The Morgan fingerprint density at radius 1 is 1.48 bits per heavy atom. The summed E-state index contributed by atoms with van der Waals surface area (Å²) in [4.78, 5) is 12.0. The van der Waals surface area contributed by atoms with E-state index in [9.17, 15) is 4.79 Å². The molecule has 0 fully saturated rings. The van der Waals surface area contributed by atoms with Gasteiger partial charge in [0.2, 0.25) is 0 Å². The second kappa shape index (κ2) is 6.11. The van der Waals surface area contributed by atoms with E-state index in [0.29, 0.717) is 11.7 Å². The normalized spacial score (nSPS) is 21.2. The number of benzene rings is 1. The van der Waals surface area contributed by atoms with Crippen LogP contribution in [0.15, 0.2) is 42.1 Å². The number of hydrogen-bond donors (Lipinski definition) is 1. The third kappa shape index (κ3) is 3.76. The molecule has 0 aromatic heterocycles. The average Bonchev–Trinajstić information content (AvgIpc) is 2.82. The van der Waals surface area contributed by atoms with E-state index in [0.717, 1.165) is 29.9 Å². The summed E-state index contributed by atoms with van der Waals surface area (Å²) in [5.74, 6) is 1.76. The van der Waals surface area contributed by atoms with Gasteiger partial charge in [-0.3, -0.25) is 4.79 Å². The summed E-state index contributed by atoms with van der Waals surface area (Å²) in [5.41, 5.74) is 1.74. The molecule has 1 aliphatic heterocycles. The van der Waals surface area contributed by atoms with Crippen LogP contribution in [0.5, 0.6) is 11.5 Å². The minimum atomic E-state index is -0.224. The van der Waals surface area contributed by atoms with Gasteiger partial charge in [0.25, 0.3) is 5.91 Å². The van der Waals surface area contributed by atoms with Crippen molar-refractivity contribution in [3.8, 4) is 11.5 Å². The Bertz CT molecular complexity index is 679. The minimum absolute atomic E-state index is 0. The van der Waals surface area contributed by atoms with Gasteiger partial charge < -0.3 is 14.8 Å². The standard InChI is InChI=1S/C19H23NO3.H2/c1-13-7-9-15(10-8-13)20-17(21)12-22-16-6-4-5-14-11-19(2,3)23-18(14)16;/h4-7,9-10,13H,8,11-12H2,1-3H3,(H,20,21);1H. The predicted molar refractivity (Wildman–Crippen MR) is 91.6 cm³/mol. The third-order valence-corrected chi connectivity index (χ3v) is 4.01. The molecule has 4 nitrogen and oxygen atoms in total. The van der Waals surface area contributed by atoms with Crippen LogP contribution in [0.4, 0.5) is 0 Å². The Labute approximate surface area is 138 Å². The van der Waals surface area contributed by atoms with Crippen molar-refractivity contribution in [3.05, 3.63) is 47.7 Å². The van der Waals surface area contributed by atoms with Gasteiger partial charge in [-0.05, 0) is 38.3 Å². The molecule has 1 aliphatic carbocycles. The number of allylic oxidation sites excluding steroid dienone is 3. The first-order valence-corrected chi connectivity index (χ1v) is 8.05. The molecule has 23 heavy (non-hydrogen) atoms. The first kappa shape index (κ1) is 15.7. The maximum Gasteiger partial charge on any atom is 0.262 e. The van der Waals surface area contributed by atoms with Crippen molar-refractivity contribution in [2.75, 3.05) is 6.61 Å². The molecular formula is C19H25NO3. The van der Waals surface area contributed by atoms with Gasteiger partial charge in [-0.15, -0.1) is 0 Å². The van der Waals surface area contributed by atoms with Crippen molar-refractivity contribution in [1.29, 1.82) is 0 Å². The van der Waals surface area contributed by atoms with Gasteiger partial charge in [0, 0.05) is 19.1 Å². The van der Waals surface area contributed by atoms with E-state index < -0.39 is 0 Å². The molecule has 0 bridgehead atoms. The fourth-order valence-electron chi connectivity index (χ4n) is 2.86. The monoisotopic (exact) mass is 315 g/mol. The fraction of sp³-hybridized carbons (Fsp3) is 0.421. The van der Waals surface area contributed by atoms with Crippen molar-refractivity contribution in [2.45, 2.75) is 39.2 Å². The molecule has 0 radical (unpaired) electrons. The number of nitrogens with one attached hydrogen (secondary N) is 1. The fourth-order valence-corrected chi connectivity index (χ4v) is 2.86. The van der Waals surface area contributed by atoms with Crippen molar-refractivity contribution in [2.24, 2.45) is 5.92 Å². The van der Waals surface area contributed by atoms with Crippen LogP contribution in [-0.4, -0.2) is 18.1 Å². The lowest BCUT2D eigenvalue weighted by atomic mass is 10.0. The molecule has 1 unspecified atom stereocenters. The highest BCUT2D eigenvalue weighted by molar-refractivity contribution is 5.80. The highest BCUT2D eigenvalue weighted by atomic mass is 16.5. The van der Waals surface area contributed by atoms with Crippen molar-refractivity contribution in [3.63, 3.8) is 0 Å². The van der Waals surface area contributed by atoms with Crippen LogP contribution in [-0.2, 0) is 11.2 Å². The Morgan fingerprint density at radius 3 is 3.04 bits per heavy atom. The number of carbonyl (C=O) groups is 1. The van der Waals surface area contributed by atoms with Gasteiger partial charge in [0.1, 0.15) is 5.60 Å². The molecule has 124 valence electrons. The van der Waals surface area contributed by atoms with E-state index in [1.807, 2.05) is 44.2 Å². The molecule has 0 saturated carbocycles. The summed E-state index contributed by atoms with van der Waals surface area (Å²) in [7, 11) is 0. The van der Waals surface area contributed by atoms with Crippen molar-refractivity contribution < 1.29 is 15.7 Å². The number of carbonyl (C=O) groups excluding carboxylic acids is 1. The van der Waals surface area contributed by atoms with Gasteiger partial charge in [-0.25, -0.2) is 0 Å². The number of rotatable bonds is 4. The average molecular weight is 315 g/mol. The molecule has 0 saturated heterocycles. The Morgan fingerprint density at radius 2 is 2.30 bits per heavy atom. The van der Waals surface area contributed by atoms with Crippen molar-refractivity contribution >= 4 is 5.91 Å². The number of fused-ring (bicyclic) bond motifs is 1. The van der Waals surface area contributed by atoms with Crippen LogP contribution in [0.1, 0.15) is 34.2 Å². The lowest BCUT2D eigenvalue weighted by Crippen LogP contribution is -2.28. The van der Waals surface area contributed by atoms with E-state index in [1.165, 1.54) is 0 Å². The van der Waals surface area contributed by atoms with Crippen LogP contribution in [0.3, 0.4) is 0 Å². The molecule has 1 N–H and O–H groups in total. The Kier molecular flexibility index (Phi) is 4.16. The summed E-state index contributed by atoms with van der Waals surface area (Å²) in [6.07, 6.45) is 7.87. The Balaban J connectivity index is 0.00000208. The van der Waals surface area contributed by atoms with E-state index in [1.54, 1.807) is 0 Å². The molecule has 4 heteroatoms. The minimum Gasteiger partial charge on any atom is -0.483 e. The largest absolute Gasteiger partial charge is 0.483 e. The second-order valence-electron chi connectivity index (χ2n) is 6.85. The predicted octanol–water partition coefficient (Wildman–Crippen LogP) is 3.62. The molecule has 1 amide bonds. The maximum atomic E-state index is 12.0. The van der Waals surface area contributed by atoms with Gasteiger partial charge in [-0.2, -0.15) is 0 Å². The number of hydrogen-bond acceptors (Lipinski definition) is 3. The molecule has 1 aromatic carbocycles. The van der Waals surface area contributed by atoms with E-state index in [4.69, 9.17) is 9.47 Å². The first-order chi connectivity index (χ1) is 10.9. The van der Waals surface area contributed by atoms with Gasteiger partial charge in [-0.1, -0.05) is 31.2 Å². The summed E-state index contributed by atoms with van der Waals surface area (Å²) in [6.45, 7) is 6.21. The van der Waals surface area contributed by atoms with E-state index >= 15 is 0 Å². The second-order valence-corrected chi connectivity index (χ2v) is 6.85. The highest BCUT2D eigenvalue weighted by Crippen LogP contribution is 2.41. The number of amides is 1. The number of ether oxygens (including phenoxy) is 2. The van der Waals surface area contributed by atoms with E-state index in [2.05, 4.69) is 18.3 Å². The molecule has 3 rings (SSSR count). The number of para-hydroxylation sites is 1. The summed E-state index contributed by atoms with van der Waals surface area (Å²) < 4.78 is 11.6. The summed E-state index contributed by atoms with van der Waals surface area (Å²) >= 11 is 0. The molecule has 1 aromatic rings. The molecule has 1 heterocycles. The SMILES string of the molecule is CC1C=CC(NC(=O)COc2cccc3c2OC(C)(C)C3)=CC1.[HH]. The topological polar surface area (TPSA) is 47.6 Å². The first-order valence-electron chi connectivity index (χ1n) is 8.05. The summed E-state index contributed by atoms with van der Waals surface area (Å²) in [6, 6.07) is 5.81. The molecule has 1 atom stereocenters. The van der Waals surface area contributed by atoms with Gasteiger partial charge in [0.05, 0.1) is 0 Å². The lowest BCUT2D eigenvalue weighted by Gasteiger charge is -2.18. The van der Waals surface area contributed by atoms with E-state index in [-0.39, 0.29) is 19.5 Å². The van der Waals surface area contributed by atoms with Gasteiger partial charge in [0.15, 0.2) is 18.1 Å². The third-order valence-electron chi connectivity index (χ3n) is 4.01. The highest BCUT2D eigenvalue weighted by Gasteiger charge is 2.32. The van der Waals surface area contributed by atoms with Crippen molar-refractivity contribution in [1.82, 2.24) is 5.32 Å². The lowest BCUT2D eigenvalue weighted by molar-refractivity contribution is -0.122. The zero-order valence-electron chi connectivity index (χ0n) is 13.9. The molecule has 2 aliphatic rings. The van der Waals surface area contributed by atoms with Crippen LogP contribution in [0.25, 0.3) is 0 Å². The van der Waals surface area contributed by atoms with Crippen LogP contribution < -0.4 is 14.8 Å². The smallest absolute Gasteiger partial charge is 0.262 e. The zero-order valence-corrected chi connectivity index (χ0v) is 13.9. The van der Waals surface area contributed by atoms with Crippen LogP contribution in [0.2, 0.25) is 0 Å².